The number of hydrogen-bond acceptors (Lipinski definition) is 2. The number of aromatic nitrogens is 1. The molecule has 0 fully saturated rings. The molecule has 0 unspecified atom stereocenters. The van der Waals surface area contributed by atoms with Gasteiger partial charge in [-0.3, -0.25) is 4.79 Å². The van der Waals surface area contributed by atoms with Crippen LogP contribution in [0.15, 0.2) is 53.5 Å². The second kappa shape index (κ2) is 5.96. The van der Waals surface area contributed by atoms with Crippen LogP contribution in [0.4, 0.5) is 4.39 Å². The third-order valence-electron chi connectivity index (χ3n) is 3.12. The van der Waals surface area contributed by atoms with Crippen LogP contribution in [-0.2, 0) is 6.54 Å². The molecule has 0 radical (unpaired) electrons. The topological polar surface area (TPSA) is 34.4 Å². The normalized spacial score (nSPS) is 11.5. The highest BCUT2D eigenvalue weighted by atomic mass is 32.1. The number of carbonyl (C=O) groups excluding carboxylic acids is 1. The van der Waals surface area contributed by atoms with Gasteiger partial charge in [0.25, 0.3) is 5.91 Å². The lowest BCUT2D eigenvalue weighted by molar-refractivity contribution is 0.0998. The molecule has 0 spiro atoms. The first kappa shape index (κ1) is 14.2. The van der Waals surface area contributed by atoms with E-state index < -0.39 is 0 Å². The predicted molar refractivity (Wildman–Crippen MR) is 84.9 cm³/mol. The maximum absolute atomic E-state index is 14.0. The van der Waals surface area contributed by atoms with Gasteiger partial charge in [-0.05, 0) is 24.3 Å². The van der Waals surface area contributed by atoms with Crippen molar-refractivity contribution in [2.75, 3.05) is 0 Å². The van der Waals surface area contributed by atoms with Gasteiger partial charge in [0.05, 0.1) is 16.8 Å². The van der Waals surface area contributed by atoms with Crippen LogP contribution in [0.5, 0.6) is 0 Å². The summed E-state index contributed by atoms with van der Waals surface area (Å²) in [6.45, 7) is 0.155. The first-order chi connectivity index (χ1) is 10.7. The minimum atomic E-state index is -0.377. The van der Waals surface area contributed by atoms with E-state index in [1.54, 1.807) is 41.0 Å². The summed E-state index contributed by atoms with van der Waals surface area (Å²) in [7, 11) is 0. The zero-order chi connectivity index (χ0) is 15.5. The van der Waals surface area contributed by atoms with Crippen LogP contribution in [-0.4, -0.2) is 10.5 Å². The molecule has 0 bridgehead atoms. The van der Waals surface area contributed by atoms with Gasteiger partial charge in [0.1, 0.15) is 5.82 Å². The van der Waals surface area contributed by atoms with Gasteiger partial charge in [0.2, 0.25) is 0 Å². The van der Waals surface area contributed by atoms with Gasteiger partial charge in [-0.2, -0.15) is 4.99 Å². The minimum Gasteiger partial charge on any atom is -0.302 e. The lowest BCUT2D eigenvalue weighted by atomic mass is 10.2. The van der Waals surface area contributed by atoms with E-state index in [1.165, 1.54) is 17.4 Å². The number of hydrogen-bond donors (Lipinski definition) is 0. The summed E-state index contributed by atoms with van der Waals surface area (Å²) in [5.74, 6) is 1.72. The molecule has 0 aliphatic heterocycles. The number of benzene rings is 2. The molecule has 0 aliphatic rings. The van der Waals surface area contributed by atoms with Gasteiger partial charge < -0.3 is 4.57 Å². The van der Waals surface area contributed by atoms with Gasteiger partial charge in [-0.25, -0.2) is 4.39 Å². The summed E-state index contributed by atoms with van der Waals surface area (Å²) in [4.78, 5) is 16.7. The molecule has 0 N–H and O–H groups in total. The summed E-state index contributed by atoms with van der Waals surface area (Å²) in [6, 6.07) is 13.5. The highest BCUT2D eigenvalue weighted by Gasteiger charge is 2.11. The molecule has 5 heteroatoms. The summed E-state index contributed by atoms with van der Waals surface area (Å²) in [6.07, 6.45) is 5.36. The maximum Gasteiger partial charge on any atom is 0.279 e. The summed E-state index contributed by atoms with van der Waals surface area (Å²) in [5, 5.41) is 0. The summed E-state index contributed by atoms with van der Waals surface area (Å²) in [5.41, 5.74) is 0.859. The Hall–Kier alpha value is -2.71. The lowest BCUT2D eigenvalue weighted by Crippen LogP contribution is -2.17. The molecular weight excluding hydrogens is 299 g/mol. The third kappa shape index (κ3) is 2.57. The molecule has 1 heterocycles. The first-order valence-electron chi connectivity index (χ1n) is 6.56. The number of terminal acetylenes is 1. The van der Waals surface area contributed by atoms with Crippen molar-refractivity contribution in [3.05, 3.63) is 64.7 Å². The van der Waals surface area contributed by atoms with E-state index in [4.69, 9.17) is 6.42 Å². The number of carbonyl (C=O) groups is 1. The average molecular weight is 310 g/mol. The fraction of sp³-hybridized carbons (Fsp3) is 0.0588. The van der Waals surface area contributed by atoms with E-state index in [0.29, 0.717) is 20.6 Å². The second-order valence-electron chi connectivity index (χ2n) is 4.54. The molecular formula is C17H11FN2OS. The third-order valence-corrected chi connectivity index (χ3v) is 4.16. The number of rotatable bonds is 2. The van der Waals surface area contributed by atoms with E-state index in [2.05, 4.69) is 10.9 Å². The maximum atomic E-state index is 14.0. The van der Waals surface area contributed by atoms with Crippen molar-refractivity contribution >= 4 is 27.5 Å². The largest absolute Gasteiger partial charge is 0.302 e. The van der Waals surface area contributed by atoms with Crippen molar-refractivity contribution in [2.24, 2.45) is 4.99 Å². The molecule has 0 saturated carbocycles. The molecule has 0 atom stereocenters. The molecule has 1 amide bonds. The van der Waals surface area contributed by atoms with Crippen molar-refractivity contribution in [1.82, 2.24) is 4.57 Å². The van der Waals surface area contributed by atoms with E-state index in [9.17, 15) is 9.18 Å². The van der Waals surface area contributed by atoms with E-state index >= 15 is 0 Å². The van der Waals surface area contributed by atoms with Gasteiger partial charge in [-0.15, -0.1) is 6.42 Å². The molecule has 2 aromatic carbocycles. The molecule has 3 aromatic rings. The standard InChI is InChI=1S/C17H11FN2OS/c1-2-11-20-15-13(18)9-6-10-14(15)22-17(20)19-16(21)12-7-4-3-5-8-12/h1,3-10H,11H2. The van der Waals surface area contributed by atoms with Gasteiger partial charge >= 0.3 is 0 Å². The molecule has 108 valence electrons. The Morgan fingerprint density at radius 3 is 2.73 bits per heavy atom. The molecule has 0 saturated heterocycles. The van der Waals surface area contributed by atoms with Crippen LogP contribution >= 0.6 is 11.3 Å². The lowest BCUT2D eigenvalue weighted by Gasteiger charge is -2.00. The highest BCUT2D eigenvalue weighted by Crippen LogP contribution is 2.20. The number of nitrogens with zero attached hydrogens (tertiary/aromatic N) is 2. The number of halogens is 1. The molecule has 3 rings (SSSR count). The van der Waals surface area contributed by atoms with Gasteiger partial charge in [0, 0.05) is 5.56 Å². The van der Waals surface area contributed by atoms with Crippen molar-refractivity contribution < 1.29 is 9.18 Å². The monoisotopic (exact) mass is 310 g/mol. The smallest absolute Gasteiger partial charge is 0.279 e. The Kier molecular flexibility index (Phi) is 3.86. The van der Waals surface area contributed by atoms with Crippen molar-refractivity contribution in [1.29, 1.82) is 0 Å². The number of para-hydroxylation sites is 1. The van der Waals surface area contributed by atoms with E-state index in [1.807, 2.05) is 6.07 Å². The fourth-order valence-electron chi connectivity index (χ4n) is 2.14. The number of amides is 1. The minimum absolute atomic E-state index is 0.155. The van der Waals surface area contributed by atoms with Crippen molar-refractivity contribution in [3.63, 3.8) is 0 Å². The van der Waals surface area contributed by atoms with E-state index in [-0.39, 0.29) is 18.3 Å². The molecule has 1 aromatic heterocycles. The van der Waals surface area contributed by atoms with Crippen LogP contribution < -0.4 is 4.80 Å². The number of thiazole rings is 1. The predicted octanol–water partition coefficient (Wildman–Crippen LogP) is 3.22. The zero-order valence-corrected chi connectivity index (χ0v) is 12.3. The quantitative estimate of drug-likeness (QED) is 0.669. The fourth-order valence-corrected chi connectivity index (χ4v) is 3.18. The Morgan fingerprint density at radius 1 is 1.23 bits per heavy atom. The van der Waals surface area contributed by atoms with Crippen LogP contribution in [0, 0.1) is 18.2 Å². The Balaban J connectivity index is 2.21. The van der Waals surface area contributed by atoms with Crippen LogP contribution in [0.3, 0.4) is 0 Å². The average Bonchev–Trinajstić information content (AvgIpc) is 2.87. The van der Waals surface area contributed by atoms with Crippen LogP contribution in [0.2, 0.25) is 0 Å². The van der Waals surface area contributed by atoms with Crippen molar-refractivity contribution in [3.8, 4) is 12.3 Å². The first-order valence-corrected chi connectivity index (χ1v) is 7.38. The van der Waals surface area contributed by atoms with Crippen LogP contribution in [0.25, 0.3) is 10.2 Å². The highest BCUT2D eigenvalue weighted by molar-refractivity contribution is 7.16. The molecule has 22 heavy (non-hydrogen) atoms. The molecule has 3 nitrogen and oxygen atoms in total. The Morgan fingerprint density at radius 2 is 2.00 bits per heavy atom. The van der Waals surface area contributed by atoms with Gasteiger partial charge in [0.15, 0.2) is 4.80 Å². The summed E-state index contributed by atoms with van der Waals surface area (Å²) >= 11 is 1.24. The zero-order valence-electron chi connectivity index (χ0n) is 11.5. The van der Waals surface area contributed by atoms with Gasteiger partial charge in [-0.1, -0.05) is 41.5 Å². The van der Waals surface area contributed by atoms with Crippen LogP contribution in [0.1, 0.15) is 10.4 Å². The van der Waals surface area contributed by atoms with E-state index in [0.717, 1.165) is 0 Å². The van der Waals surface area contributed by atoms with Crippen molar-refractivity contribution in [2.45, 2.75) is 6.54 Å². The summed E-state index contributed by atoms with van der Waals surface area (Å²) < 4.78 is 16.3. The SMILES string of the molecule is C#CCn1c(=NC(=O)c2ccccc2)sc2cccc(F)c21. The Labute approximate surface area is 130 Å². The Bertz CT molecular complexity index is 948. The number of fused-ring (bicyclic) bond motifs is 1. The second-order valence-corrected chi connectivity index (χ2v) is 5.55. The molecule has 0 aliphatic carbocycles.